The van der Waals surface area contributed by atoms with Gasteiger partial charge in [0.25, 0.3) is 5.91 Å². The summed E-state index contributed by atoms with van der Waals surface area (Å²) in [7, 11) is 1.80. The van der Waals surface area contributed by atoms with E-state index in [4.69, 9.17) is 14.5 Å². The van der Waals surface area contributed by atoms with Crippen molar-refractivity contribution >= 4 is 35.0 Å². The van der Waals surface area contributed by atoms with E-state index < -0.39 is 0 Å². The largest absolute Gasteiger partial charge is 0.491 e. The van der Waals surface area contributed by atoms with Gasteiger partial charge in [-0.15, -0.1) is 0 Å². The summed E-state index contributed by atoms with van der Waals surface area (Å²) < 4.78 is 12.0. The predicted molar refractivity (Wildman–Crippen MR) is 177 cm³/mol. The monoisotopic (exact) mass is 625 g/mol. The highest BCUT2D eigenvalue weighted by Gasteiger charge is 2.41. The van der Waals surface area contributed by atoms with Crippen LogP contribution in [-0.4, -0.2) is 84.8 Å². The zero-order chi connectivity index (χ0) is 31.6. The van der Waals surface area contributed by atoms with Crippen molar-refractivity contribution in [2.45, 2.75) is 70.2 Å². The molecule has 11 nitrogen and oxygen atoms in total. The fourth-order valence-electron chi connectivity index (χ4n) is 7.36. The Labute approximate surface area is 270 Å². The maximum absolute atomic E-state index is 13.4. The van der Waals surface area contributed by atoms with Crippen LogP contribution in [0.3, 0.4) is 0 Å². The van der Waals surface area contributed by atoms with Crippen molar-refractivity contribution < 1.29 is 19.1 Å². The minimum absolute atomic E-state index is 0.0711. The Morgan fingerprint density at radius 1 is 1.09 bits per heavy atom. The van der Waals surface area contributed by atoms with E-state index in [0.29, 0.717) is 49.5 Å². The number of hydrogen-bond donors (Lipinski definition) is 2. The molecule has 3 aromatic rings. The van der Waals surface area contributed by atoms with Crippen LogP contribution >= 0.6 is 0 Å². The number of carbonyl (C=O) groups excluding carboxylic acids is 2. The highest BCUT2D eigenvalue weighted by Crippen LogP contribution is 2.41. The Hall–Kier alpha value is -4.22. The average molecular weight is 626 g/mol. The van der Waals surface area contributed by atoms with Gasteiger partial charge in [0.15, 0.2) is 5.82 Å². The molecule has 0 bridgehead atoms. The molecule has 0 radical (unpaired) electrons. The average Bonchev–Trinajstić information content (AvgIpc) is 3.80. The Bertz CT molecular complexity index is 1580. The van der Waals surface area contributed by atoms with Gasteiger partial charge in [-0.2, -0.15) is 4.98 Å². The Kier molecular flexibility index (Phi) is 8.77. The predicted octanol–water partition coefficient (Wildman–Crippen LogP) is 4.29. The van der Waals surface area contributed by atoms with E-state index in [1.165, 1.54) is 5.56 Å². The summed E-state index contributed by atoms with van der Waals surface area (Å²) in [6, 6.07) is 14.2. The van der Waals surface area contributed by atoms with Crippen molar-refractivity contribution in [3.8, 4) is 5.75 Å². The second kappa shape index (κ2) is 13.3. The van der Waals surface area contributed by atoms with Crippen LogP contribution in [0.4, 0.5) is 23.1 Å². The van der Waals surface area contributed by atoms with Crippen LogP contribution in [0, 0.1) is 0 Å². The summed E-state index contributed by atoms with van der Waals surface area (Å²) in [6.45, 7) is 6.15. The molecule has 1 saturated carbocycles. The number of rotatable bonds is 9. The van der Waals surface area contributed by atoms with E-state index >= 15 is 0 Å². The molecule has 4 heterocycles. The van der Waals surface area contributed by atoms with Crippen LogP contribution in [0.1, 0.15) is 60.5 Å². The number of morpholine rings is 1. The van der Waals surface area contributed by atoms with Gasteiger partial charge in [0.05, 0.1) is 31.2 Å². The molecule has 2 atom stereocenters. The van der Waals surface area contributed by atoms with Crippen LogP contribution in [0.2, 0.25) is 0 Å². The highest BCUT2D eigenvalue weighted by molar-refractivity contribution is 6.04. The number of carbonyl (C=O) groups is 2. The molecule has 0 spiro atoms. The Balaban J connectivity index is 1.05. The van der Waals surface area contributed by atoms with E-state index in [9.17, 15) is 9.59 Å². The minimum atomic E-state index is -0.236. The molecule has 11 heteroatoms. The van der Waals surface area contributed by atoms with Crippen molar-refractivity contribution in [2.24, 2.45) is 0 Å². The standard InChI is InChI=1S/C35H43N7O4/c1-3-29-34(44)40(2)30-20-37-35(39-32(30)42(29)24-11-7-8-12-24)38-28-14-13-27(26-15-17-46-31(26)28)33(43)36-19-25-22-41(16-18-45-25)21-23-9-5-4-6-10-23/h4-6,9-10,13-14,20,24-25,29H,3,7-8,11-12,15-19,21-22H2,1-2H3,(H,36,43)(H,37,38,39)/t25?,29-/m1/s1. The quantitative estimate of drug-likeness (QED) is 0.360. The molecule has 46 heavy (non-hydrogen) atoms. The zero-order valence-electron chi connectivity index (χ0n) is 26.7. The molecule has 3 aliphatic heterocycles. The highest BCUT2D eigenvalue weighted by atomic mass is 16.5. The first-order valence-electron chi connectivity index (χ1n) is 16.6. The van der Waals surface area contributed by atoms with Gasteiger partial charge >= 0.3 is 0 Å². The van der Waals surface area contributed by atoms with Crippen LogP contribution < -0.4 is 25.2 Å². The van der Waals surface area contributed by atoms with E-state index in [1.54, 1.807) is 18.1 Å². The minimum Gasteiger partial charge on any atom is -0.491 e. The molecule has 2 amide bonds. The molecule has 1 saturated heterocycles. The number of anilines is 4. The molecule has 1 unspecified atom stereocenters. The topological polar surface area (TPSA) is 112 Å². The zero-order valence-corrected chi connectivity index (χ0v) is 26.7. The van der Waals surface area contributed by atoms with Gasteiger partial charge in [-0.25, -0.2) is 4.98 Å². The number of aromatic nitrogens is 2. The van der Waals surface area contributed by atoms with Crippen molar-refractivity contribution in [3.63, 3.8) is 0 Å². The van der Waals surface area contributed by atoms with Gasteiger partial charge in [-0.1, -0.05) is 50.1 Å². The van der Waals surface area contributed by atoms with Gasteiger partial charge < -0.3 is 29.9 Å². The first-order valence-corrected chi connectivity index (χ1v) is 16.6. The lowest BCUT2D eigenvalue weighted by Crippen LogP contribution is -2.55. The summed E-state index contributed by atoms with van der Waals surface area (Å²) >= 11 is 0. The third kappa shape index (κ3) is 6.01. The van der Waals surface area contributed by atoms with E-state index in [-0.39, 0.29) is 24.0 Å². The van der Waals surface area contributed by atoms with Gasteiger partial charge in [0.2, 0.25) is 11.9 Å². The molecule has 242 valence electrons. The van der Waals surface area contributed by atoms with Crippen molar-refractivity contribution in [3.05, 3.63) is 65.4 Å². The smallest absolute Gasteiger partial charge is 0.251 e. The Morgan fingerprint density at radius 3 is 2.72 bits per heavy atom. The van der Waals surface area contributed by atoms with Crippen molar-refractivity contribution in [2.75, 3.05) is 55.0 Å². The molecule has 4 aliphatic rings. The number of nitrogens with one attached hydrogen (secondary N) is 2. The van der Waals surface area contributed by atoms with Crippen LogP contribution in [0.15, 0.2) is 48.7 Å². The lowest BCUT2D eigenvalue weighted by atomic mass is 10.0. The van der Waals surface area contributed by atoms with Gasteiger partial charge in [-0.3, -0.25) is 14.5 Å². The lowest BCUT2D eigenvalue weighted by molar-refractivity contribution is -0.120. The first kappa shape index (κ1) is 30.4. The molecule has 2 fully saturated rings. The number of hydrogen-bond acceptors (Lipinski definition) is 9. The number of amides is 2. The van der Waals surface area contributed by atoms with Crippen LogP contribution in [0.5, 0.6) is 5.75 Å². The SMILES string of the molecule is CC[C@@H]1C(=O)N(C)c2cnc(Nc3ccc(C(=O)NCC4CN(Cc5ccccc5)CCO4)c4c3OCC4)nc2N1C1CCCC1. The second-order valence-corrected chi connectivity index (χ2v) is 12.7. The third-order valence-electron chi connectivity index (χ3n) is 9.72. The third-order valence-corrected chi connectivity index (χ3v) is 9.72. The lowest BCUT2D eigenvalue weighted by Gasteiger charge is -2.43. The van der Waals surface area contributed by atoms with Gasteiger partial charge in [0.1, 0.15) is 17.5 Å². The molecular formula is C35H43N7O4. The fourth-order valence-corrected chi connectivity index (χ4v) is 7.36. The summed E-state index contributed by atoms with van der Waals surface area (Å²) in [6.07, 6.45) is 7.46. The molecule has 1 aliphatic carbocycles. The summed E-state index contributed by atoms with van der Waals surface area (Å²) in [4.78, 5) is 42.5. The fraction of sp³-hybridized carbons (Fsp3) is 0.486. The molecule has 2 aromatic carbocycles. The number of fused-ring (bicyclic) bond motifs is 2. The van der Waals surface area contributed by atoms with Crippen molar-refractivity contribution in [1.82, 2.24) is 20.2 Å². The number of ether oxygens (including phenoxy) is 2. The summed E-state index contributed by atoms with van der Waals surface area (Å²) in [5.41, 5.74) is 4.21. The normalized spacial score (nSPS) is 21.6. The molecule has 7 rings (SSSR count). The maximum Gasteiger partial charge on any atom is 0.251 e. The first-order chi connectivity index (χ1) is 22.5. The maximum atomic E-state index is 13.4. The van der Waals surface area contributed by atoms with Crippen LogP contribution in [-0.2, 0) is 22.5 Å². The van der Waals surface area contributed by atoms with E-state index in [2.05, 4.69) is 56.6 Å². The summed E-state index contributed by atoms with van der Waals surface area (Å²) in [5.74, 6) is 1.84. The van der Waals surface area contributed by atoms with Gasteiger partial charge in [-0.05, 0) is 37.0 Å². The molecule has 2 N–H and O–H groups in total. The van der Waals surface area contributed by atoms with E-state index in [0.717, 1.165) is 74.5 Å². The van der Waals surface area contributed by atoms with E-state index in [1.807, 2.05) is 18.2 Å². The molecular weight excluding hydrogens is 582 g/mol. The molecule has 1 aromatic heterocycles. The number of benzene rings is 2. The van der Waals surface area contributed by atoms with Crippen LogP contribution in [0.25, 0.3) is 0 Å². The number of nitrogens with zero attached hydrogens (tertiary/aromatic N) is 5. The summed E-state index contributed by atoms with van der Waals surface area (Å²) in [5, 5.41) is 6.47. The second-order valence-electron chi connectivity index (χ2n) is 12.7. The Morgan fingerprint density at radius 2 is 1.91 bits per heavy atom. The number of likely N-dealkylation sites (N-methyl/N-ethyl adjacent to an activating group) is 1. The van der Waals surface area contributed by atoms with Gasteiger partial charge in [0, 0.05) is 56.8 Å². The van der Waals surface area contributed by atoms with Crippen molar-refractivity contribution in [1.29, 1.82) is 0 Å².